The molecule has 0 N–H and O–H groups in total. The van der Waals surface area contributed by atoms with Gasteiger partial charge in [0.25, 0.3) is 5.91 Å². The molecule has 3 heterocycles. The van der Waals surface area contributed by atoms with Crippen molar-refractivity contribution in [1.29, 1.82) is 5.26 Å². The Morgan fingerprint density at radius 1 is 1.31 bits per heavy atom. The van der Waals surface area contributed by atoms with Crippen LogP contribution < -0.4 is 0 Å². The van der Waals surface area contributed by atoms with Crippen LogP contribution in [0, 0.1) is 24.2 Å². The number of amides is 1. The molecule has 0 saturated carbocycles. The van der Waals surface area contributed by atoms with Gasteiger partial charge in [0.05, 0.1) is 35.0 Å². The molecular weight excluding hydrogens is 362 g/mol. The van der Waals surface area contributed by atoms with Crippen molar-refractivity contribution < 1.29 is 4.79 Å². The smallest absolute Gasteiger partial charge is 0.254 e. The minimum absolute atomic E-state index is 0.0290. The molecule has 2 aromatic heterocycles. The van der Waals surface area contributed by atoms with Crippen LogP contribution in [0.1, 0.15) is 48.7 Å². The standard InChI is InChI=1S/C23H25N5O/c1-15(2)28-14-18(12-25-28)21-10-20(19-7-6-16(3)9-22(19)26-21)23(29)27-8-4-5-17(11-24)13-27/h6-7,9-10,12,14-15,17H,4-5,8,13H2,1-3H3/t17-/m1/s1. The van der Waals surface area contributed by atoms with Crippen LogP contribution in [0.15, 0.2) is 36.7 Å². The minimum Gasteiger partial charge on any atom is -0.337 e. The third kappa shape index (κ3) is 3.73. The van der Waals surface area contributed by atoms with Gasteiger partial charge in [-0.1, -0.05) is 12.1 Å². The van der Waals surface area contributed by atoms with E-state index in [2.05, 4.69) is 25.0 Å². The highest BCUT2D eigenvalue weighted by molar-refractivity contribution is 6.07. The summed E-state index contributed by atoms with van der Waals surface area (Å²) in [5, 5.41) is 14.6. The average molecular weight is 387 g/mol. The molecule has 1 aromatic carbocycles. The molecule has 1 aliphatic heterocycles. The summed E-state index contributed by atoms with van der Waals surface area (Å²) in [6, 6.07) is 10.4. The Bertz CT molecular complexity index is 1110. The largest absolute Gasteiger partial charge is 0.337 e. The third-order valence-corrected chi connectivity index (χ3v) is 5.51. The Balaban J connectivity index is 1.81. The van der Waals surface area contributed by atoms with E-state index in [4.69, 9.17) is 4.98 Å². The molecule has 29 heavy (non-hydrogen) atoms. The first-order valence-corrected chi connectivity index (χ1v) is 10.1. The second-order valence-corrected chi connectivity index (χ2v) is 8.10. The number of nitrogens with zero attached hydrogens (tertiary/aromatic N) is 5. The highest BCUT2D eigenvalue weighted by Crippen LogP contribution is 2.28. The van der Waals surface area contributed by atoms with Crippen molar-refractivity contribution in [2.45, 2.75) is 39.7 Å². The van der Waals surface area contributed by atoms with Gasteiger partial charge in [-0.05, 0) is 51.3 Å². The third-order valence-electron chi connectivity index (χ3n) is 5.51. The van der Waals surface area contributed by atoms with E-state index in [0.717, 1.165) is 40.6 Å². The summed E-state index contributed by atoms with van der Waals surface area (Å²) in [4.78, 5) is 20.1. The van der Waals surface area contributed by atoms with Gasteiger partial charge < -0.3 is 4.90 Å². The number of hydrogen-bond acceptors (Lipinski definition) is 4. The van der Waals surface area contributed by atoms with E-state index in [1.807, 2.05) is 47.0 Å². The quantitative estimate of drug-likeness (QED) is 0.669. The normalized spacial score (nSPS) is 16.9. The summed E-state index contributed by atoms with van der Waals surface area (Å²) < 4.78 is 1.89. The van der Waals surface area contributed by atoms with Gasteiger partial charge >= 0.3 is 0 Å². The van der Waals surface area contributed by atoms with Crippen molar-refractivity contribution in [3.05, 3.63) is 47.8 Å². The lowest BCUT2D eigenvalue weighted by Crippen LogP contribution is -2.39. The molecule has 1 aliphatic rings. The number of nitriles is 1. The Morgan fingerprint density at radius 2 is 2.14 bits per heavy atom. The monoisotopic (exact) mass is 387 g/mol. The van der Waals surface area contributed by atoms with E-state index in [-0.39, 0.29) is 17.9 Å². The lowest BCUT2D eigenvalue weighted by Gasteiger charge is -2.30. The first-order valence-electron chi connectivity index (χ1n) is 10.1. The molecule has 3 aromatic rings. The summed E-state index contributed by atoms with van der Waals surface area (Å²) >= 11 is 0. The number of rotatable bonds is 3. The Morgan fingerprint density at radius 3 is 2.86 bits per heavy atom. The topological polar surface area (TPSA) is 74.8 Å². The predicted molar refractivity (Wildman–Crippen MR) is 112 cm³/mol. The van der Waals surface area contributed by atoms with Crippen molar-refractivity contribution in [3.63, 3.8) is 0 Å². The fourth-order valence-corrected chi connectivity index (χ4v) is 3.85. The molecule has 4 rings (SSSR count). The average Bonchev–Trinajstić information content (AvgIpc) is 3.23. The Hall–Kier alpha value is -3.20. The highest BCUT2D eigenvalue weighted by atomic mass is 16.2. The number of piperidine rings is 1. The van der Waals surface area contributed by atoms with Gasteiger partial charge in [-0.3, -0.25) is 9.48 Å². The number of likely N-dealkylation sites (tertiary alicyclic amines) is 1. The first-order chi connectivity index (χ1) is 14.0. The number of benzene rings is 1. The van der Waals surface area contributed by atoms with Crippen molar-refractivity contribution in [3.8, 4) is 17.3 Å². The summed E-state index contributed by atoms with van der Waals surface area (Å²) in [6.45, 7) is 7.35. The second kappa shape index (κ2) is 7.67. The molecule has 0 aliphatic carbocycles. The van der Waals surface area contributed by atoms with Crippen LogP contribution in [0.25, 0.3) is 22.2 Å². The SMILES string of the molecule is Cc1ccc2c(C(=O)N3CCC[C@H](C#N)C3)cc(-c3cnn(C(C)C)c3)nc2c1. The van der Waals surface area contributed by atoms with Crippen LogP contribution in [0.3, 0.4) is 0 Å². The van der Waals surface area contributed by atoms with E-state index in [1.54, 1.807) is 6.20 Å². The van der Waals surface area contributed by atoms with E-state index in [1.165, 1.54) is 0 Å². The van der Waals surface area contributed by atoms with E-state index in [0.29, 0.717) is 18.7 Å². The number of fused-ring (bicyclic) bond motifs is 1. The fourth-order valence-electron chi connectivity index (χ4n) is 3.85. The van der Waals surface area contributed by atoms with Gasteiger partial charge in [0.1, 0.15) is 0 Å². The summed E-state index contributed by atoms with van der Waals surface area (Å²) in [5.41, 5.74) is 4.18. The molecule has 0 radical (unpaired) electrons. The fraction of sp³-hybridized carbons (Fsp3) is 0.391. The van der Waals surface area contributed by atoms with Crippen molar-refractivity contribution >= 4 is 16.8 Å². The Labute approximate surface area is 170 Å². The van der Waals surface area contributed by atoms with E-state index in [9.17, 15) is 10.1 Å². The van der Waals surface area contributed by atoms with Crippen LogP contribution in [-0.2, 0) is 0 Å². The molecule has 6 heteroatoms. The maximum absolute atomic E-state index is 13.4. The van der Waals surface area contributed by atoms with Crippen LogP contribution >= 0.6 is 0 Å². The minimum atomic E-state index is -0.0909. The van der Waals surface area contributed by atoms with Gasteiger partial charge in [-0.2, -0.15) is 10.4 Å². The molecule has 1 fully saturated rings. The lowest BCUT2D eigenvalue weighted by atomic mass is 9.97. The van der Waals surface area contributed by atoms with Gasteiger partial charge in [0, 0.05) is 36.3 Å². The number of aryl methyl sites for hydroxylation is 1. The van der Waals surface area contributed by atoms with Crippen LogP contribution in [0.2, 0.25) is 0 Å². The predicted octanol–water partition coefficient (Wildman–Crippen LogP) is 4.36. The maximum Gasteiger partial charge on any atom is 0.254 e. The number of hydrogen-bond donors (Lipinski definition) is 0. The van der Waals surface area contributed by atoms with Crippen LogP contribution in [0.4, 0.5) is 0 Å². The van der Waals surface area contributed by atoms with Crippen molar-refractivity contribution in [2.75, 3.05) is 13.1 Å². The maximum atomic E-state index is 13.4. The zero-order chi connectivity index (χ0) is 20.5. The molecule has 148 valence electrons. The Kier molecular flexibility index (Phi) is 5.06. The van der Waals surface area contributed by atoms with Crippen LogP contribution in [0.5, 0.6) is 0 Å². The molecule has 1 amide bonds. The van der Waals surface area contributed by atoms with Gasteiger partial charge in [0.15, 0.2) is 0 Å². The van der Waals surface area contributed by atoms with Gasteiger partial charge in [-0.25, -0.2) is 4.98 Å². The lowest BCUT2D eigenvalue weighted by molar-refractivity contribution is 0.0701. The number of carbonyl (C=O) groups is 1. The van der Waals surface area contributed by atoms with Crippen LogP contribution in [-0.4, -0.2) is 38.7 Å². The molecule has 0 unspecified atom stereocenters. The molecule has 1 atom stereocenters. The van der Waals surface area contributed by atoms with Gasteiger partial charge in [0.2, 0.25) is 0 Å². The highest BCUT2D eigenvalue weighted by Gasteiger charge is 2.26. The zero-order valence-electron chi connectivity index (χ0n) is 17.1. The molecule has 6 nitrogen and oxygen atoms in total. The summed E-state index contributed by atoms with van der Waals surface area (Å²) in [5.74, 6) is -0.120. The summed E-state index contributed by atoms with van der Waals surface area (Å²) in [7, 11) is 0. The number of pyridine rings is 1. The van der Waals surface area contributed by atoms with E-state index >= 15 is 0 Å². The van der Waals surface area contributed by atoms with Gasteiger partial charge in [-0.15, -0.1) is 0 Å². The van der Waals surface area contributed by atoms with E-state index < -0.39 is 0 Å². The molecular formula is C23H25N5O. The molecule has 0 bridgehead atoms. The second-order valence-electron chi connectivity index (χ2n) is 8.10. The van der Waals surface area contributed by atoms with Crippen molar-refractivity contribution in [2.24, 2.45) is 5.92 Å². The molecule has 1 saturated heterocycles. The summed E-state index contributed by atoms with van der Waals surface area (Å²) in [6.07, 6.45) is 5.48. The number of aromatic nitrogens is 3. The zero-order valence-corrected chi connectivity index (χ0v) is 17.1. The molecule has 0 spiro atoms. The van der Waals surface area contributed by atoms with Crippen molar-refractivity contribution in [1.82, 2.24) is 19.7 Å². The number of carbonyl (C=O) groups excluding carboxylic acids is 1. The first kappa shape index (κ1) is 19.1.